The molecule has 7 heteroatoms. The van der Waals surface area contributed by atoms with Crippen LogP contribution in [0.5, 0.6) is 0 Å². The summed E-state index contributed by atoms with van der Waals surface area (Å²) in [4.78, 5) is 16.0. The number of rotatable bonds is 5. The minimum atomic E-state index is -0.164. The van der Waals surface area contributed by atoms with Gasteiger partial charge in [-0.25, -0.2) is 4.98 Å². The Bertz CT molecular complexity index is 546. The second-order valence-corrected chi connectivity index (χ2v) is 4.41. The van der Waals surface area contributed by atoms with Gasteiger partial charge in [0.15, 0.2) is 0 Å². The monoisotopic (exact) mass is 263 g/mol. The zero-order valence-electron chi connectivity index (χ0n) is 11.3. The molecule has 102 valence electrons. The lowest BCUT2D eigenvalue weighted by Crippen LogP contribution is -2.36. The molecule has 19 heavy (non-hydrogen) atoms. The van der Waals surface area contributed by atoms with Gasteiger partial charge in [0, 0.05) is 6.04 Å². The highest BCUT2D eigenvalue weighted by Crippen LogP contribution is 2.13. The number of carbonyl (C=O) groups excluding carboxylic acids is 1. The van der Waals surface area contributed by atoms with Gasteiger partial charge in [-0.2, -0.15) is 5.10 Å². The molecule has 0 bridgehead atoms. The predicted octanol–water partition coefficient (Wildman–Crippen LogP) is 0.955. The number of hydrogen-bond acceptors (Lipinski definition) is 5. The van der Waals surface area contributed by atoms with Crippen LogP contribution >= 0.6 is 0 Å². The fourth-order valence-electron chi connectivity index (χ4n) is 1.90. The van der Waals surface area contributed by atoms with E-state index in [2.05, 4.69) is 20.6 Å². The normalized spacial score (nSPS) is 12.4. The highest BCUT2D eigenvalue weighted by molar-refractivity contribution is 5.96. The molecular formula is C12H17N5O2. The minimum absolute atomic E-state index is 0.0618. The van der Waals surface area contributed by atoms with E-state index in [1.807, 2.05) is 13.8 Å². The Labute approximate surface area is 111 Å². The number of carbonyl (C=O) groups is 1. The van der Waals surface area contributed by atoms with Gasteiger partial charge in [-0.3, -0.25) is 9.48 Å². The molecule has 1 amide bonds. The Morgan fingerprint density at radius 1 is 1.58 bits per heavy atom. The molecular weight excluding hydrogens is 246 g/mol. The van der Waals surface area contributed by atoms with E-state index in [0.29, 0.717) is 30.0 Å². The lowest BCUT2D eigenvalue weighted by Gasteiger charge is -2.13. The van der Waals surface area contributed by atoms with Crippen LogP contribution in [-0.2, 0) is 13.0 Å². The van der Waals surface area contributed by atoms with E-state index in [4.69, 9.17) is 4.52 Å². The summed E-state index contributed by atoms with van der Waals surface area (Å²) in [7, 11) is 0. The Kier molecular flexibility index (Phi) is 3.94. The molecule has 2 heterocycles. The van der Waals surface area contributed by atoms with Gasteiger partial charge in [-0.05, 0) is 20.3 Å². The van der Waals surface area contributed by atoms with Gasteiger partial charge in [0.25, 0.3) is 5.91 Å². The van der Waals surface area contributed by atoms with E-state index in [1.54, 1.807) is 17.9 Å². The second-order valence-electron chi connectivity index (χ2n) is 4.41. The molecule has 0 unspecified atom stereocenters. The zero-order chi connectivity index (χ0) is 13.8. The van der Waals surface area contributed by atoms with Crippen molar-refractivity contribution >= 4 is 5.91 Å². The van der Waals surface area contributed by atoms with Gasteiger partial charge in [0.1, 0.15) is 24.0 Å². The van der Waals surface area contributed by atoms with Crippen LogP contribution in [-0.4, -0.2) is 31.9 Å². The van der Waals surface area contributed by atoms with Crippen molar-refractivity contribution in [2.75, 3.05) is 0 Å². The Morgan fingerprint density at radius 3 is 3.00 bits per heavy atom. The van der Waals surface area contributed by atoms with Gasteiger partial charge in [-0.15, -0.1) is 0 Å². The molecule has 2 aromatic rings. The Balaban J connectivity index is 2.02. The molecule has 0 aliphatic rings. The first kappa shape index (κ1) is 13.3. The van der Waals surface area contributed by atoms with Gasteiger partial charge in [0.2, 0.25) is 0 Å². The van der Waals surface area contributed by atoms with Crippen LogP contribution < -0.4 is 5.32 Å². The first-order valence-corrected chi connectivity index (χ1v) is 6.20. The van der Waals surface area contributed by atoms with E-state index in [1.165, 1.54) is 6.33 Å². The topological polar surface area (TPSA) is 85.8 Å². The maximum absolute atomic E-state index is 12.2. The van der Waals surface area contributed by atoms with Crippen molar-refractivity contribution in [3.8, 4) is 0 Å². The van der Waals surface area contributed by atoms with Crippen LogP contribution in [0.1, 0.15) is 35.7 Å². The summed E-state index contributed by atoms with van der Waals surface area (Å²) in [6.07, 6.45) is 3.75. The Morgan fingerprint density at radius 2 is 2.37 bits per heavy atom. The molecule has 0 fully saturated rings. The average molecular weight is 263 g/mol. The highest BCUT2D eigenvalue weighted by Gasteiger charge is 2.20. The number of amides is 1. The molecule has 0 radical (unpaired) electrons. The van der Waals surface area contributed by atoms with E-state index < -0.39 is 0 Å². The Hall–Kier alpha value is -2.18. The van der Waals surface area contributed by atoms with Crippen molar-refractivity contribution in [2.24, 2.45) is 0 Å². The number of hydrogen-bond donors (Lipinski definition) is 1. The fraction of sp³-hybridized carbons (Fsp3) is 0.500. The number of aryl methyl sites for hydroxylation is 2. The third-order valence-corrected chi connectivity index (χ3v) is 2.80. The largest absolute Gasteiger partial charge is 0.361 e. The van der Waals surface area contributed by atoms with Crippen molar-refractivity contribution < 1.29 is 9.32 Å². The van der Waals surface area contributed by atoms with Crippen LogP contribution in [0.2, 0.25) is 0 Å². The summed E-state index contributed by atoms with van der Waals surface area (Å²) in [5.41, 5.74) is 1.22. The van der Waals surface area contributed by atoms with Crippen molar-refractivity contribution in [3.05, 3.63) is 29.7 Å². The van der Waals surface area contributed by atoms with Crippen molar-refractivity contribution in [1.82, 2.24) is 25.2 Å². The molecule has 2 rings (SSSR count). The third-order valence-electron chi connectivity index (χ3n) is 2.80. The molecule has 0 saturated heterocycles. The lowest BCUT2D eigenvalue weighted by molar-refractivity contribution is 0.0933. The van der Waals surface area contributed by atoms with Crippen LogP contribution in [0.25, 0.3) is 0 Å². The molecule has 1 atom stereocenters. The minimum Gasteiger partial charge on any atom is -0.361 e. The molecule has 7 nitrogen and oxygen atoms in total. The molecule has 0 saturated carbocycles. The quantitative estimate of drug-likeness (QED) is 0.868. The molecule has 2 aromatic heterocycles. The summed E-state index contributed by atoms with van der Waals surface area (Å²) >= 11 is 0. The van der Waals surface area contributed by atoms with Crippen LogP contribution in [0.15, 0.2) is 17.2 Å². The maximum Gasteiger partial charge on any atom is 0.257 e. The summed E-state index contributed by atoms with van der Waals surface area (Å²) in [6.45, 7) is 6.15. The molecule has 1 N–H and O–H groups in total. The second kappa shape index (κ2) is 5.64. The van der Waals surface area contributed by atoms with Gasteiger partial charge in [-0.1, -0.05) is 12.1 Å². The first-order valence-electron chi connectivity index (χ1n) is 6.20. The van der Waals surface area contributed by atoms with Gasteiger partial charge >= 0.3 is 0 Å². The predicted molar refractivity (Wildman–Crippen MR) is 67.6 cm³/mol. The van der Waals surface area contributed by atoms with E-state index in [0.717, 1.165) is 0 Å². The van der Waals surface area contributed by atoms with Crippen LogP contribution in [0, 0.1) is 6.92 Å². The zero-order valence-corrected chi connectivity index (χ0v) is 11.3. The summed E-state index contributed by atoms with van der Waals surface area (Å²) in [6, 6.07) is -0.0618. The van der Waals surface area contributed by atoms with E-state index in [9.17, 15) is 4.79 Å². The van der Waals surface area contributed by atoms with E-state index >= 15 is 0 Å². The highest BCUT2D eigenvalue weighted by atomic mass is 16.5. The van der Waals surface area contributed by atoms with Crippen molar-refractivity contribution in [3.63, 3.8) is 0 Å². The number of aromatic nitrogens is 4. The third kappa shape index (κ3) is 2.98. The van der Waals surface area contributed by atoms with Crippen LogP contribution in [0.3, 0.4) is 0 Å². The molecule has 0 spiro atoms. The summed E-state index contributed by atoms with van der Waals surface area (Å²) in [5, 5.41) is 10.8. The first-order chi connectivity index (χ1) is 9.11. The number of nitrogens with zero attached hydrogens (tertiary/aromatic N) is 4. The SMILES string of the molecule is CCc1noc(C)c1C(=O)N[C@H](C)Cn1cncn1. The molecule has 0 aromatic carbocycles. The van der Waals surface area contributed by atoms with E-state index in [-0.39, 0.29) is 11.9 Å². The average Bonchev–Trinajstić information content (AvgIpc) is 2.98. The summed E-state index contributed by atoms with van der Waals surface area (Å²) in [5.74, 6) is 0.380. The molecule has 0 aliphatic carbocycles. The standard InChI is InChI=1S/C12H17N5O2/c1-4-10-11(9(3)19-16-10)12(18)15-8(2)5-17-7-13-6-14-17/h6-8H,4-5H2,1-3H3,(H,15,18)/t8-/m1/s1. The maximum atomic E-state index is 12.2. The molecule has 0 aliphatic heterocycles. The summed E-state index contributed by atoms with van der Waals surface area (Å²) < 4.78 is 6.73. The van der Waals surface area contributed by atoms with Crippen molar-refractivity contribution in [1.29, 1.82) is 0 Å². The van der Waals surface area contributed by atoms with Crippen molar-refractivity contribution in [2.45, 2.75) is 39.8 Å². The van der Waals surface area contributed by atoms with Crippen LogP contribution in [0.4, 0.5) is 0 Å². The lowest BCUT2D eigenvalue weighted by atomic mass is 10.1. The van der Waals surface area contributed by atoms with Gasteiger partial charge in [0.05, 0.1) is 12.2 Å². The fourth-order valence-corrected chi connectivity index (χ4v) is 1.90. The van der Waals surface area contributed by atoms with Gasteiger partial charge < -0.3 is 9.84 Å². The smallest absolute Gasteiger partial charge is 0.257 e. The number of nitrogens with one attached hydrogen (secondary N) is 1.